The van der Waals surface area contributed by atoms with Crippen molar-refractivity contribution in [3.63, 3.8) is 0 Å². The van der Waals surface area contributed by atoms with Crippen molar-refractivity contribution in [3.8, 4) is 5.75 Å². The summed E-state index contributed by atoms with van der Waals surface area (Å²) in [4.78, 5) is 26.6. The van der Waals surface area contributed by atoms with Gasteiger partial charge in [-0.15, -0.1) is 0 Å². The van der Waals surface area contributed by atoms with Gasteiger partial charge in [-0.2, -0.15) is 0 Å². The second-order valence-electron chi connectivity index (χ2n) is 7.58. The molecule has 1 amide bonds. The SMILES string of the molecule is COC(=O)[C@@H]1C[C@@H](NC(=O)CCc2ccc(C)cc2)CN1Cc1ccccc1O. The number of para-hydroxylation sites is 1. The molecule has 2 N–H and O–H groups in total. The van der Waals surface area contributed by atoms with E-state index in [-0.39, 0.29) is 23.7 Å². The minimum absolute atomic E-state index is 0.0244. The highest BCUT2D eigenvalue weighted by molar-refractivity contribution is 5.78. The average molecular weight is 396 g/mol. The molecular formula is C23H28N2O4. The van der Waals surface area contributed by atoms with Crippen LogP contribution in [0.4, 0.5) is 0 Å². The lowest BCUT2D eigenvalue weighted by Gasteiger charge is -2.22. The molecule has 1 saturated heterocycles. The number of benzene rings is 2. The molecule has 0 saturated carbocycles. The molecule has 2 atom stereocenters. The van der Waals surface area contributed by atoms with Gasteiger partial charge in [-0.3, -0.25) is 14.5 Å². The van der Waals surface area contributed by atoms with Crippen LogP contribution in [0.25, 0.3) is 0 Å². The van der Waals surface area contributed by atoms with Crippen LogP contribution >= 0.6 is 0 Å². The number of hydrogen-bond donors (Lipinski definition) is 2. The smallest absolute Gasteiger partial charge is 0.323 e. The third kappa shape index (κ3) is 5.57. The van der Waals surface area contributed by atoms with Crippen molar-refractivity contribution in [2.24, 2.45) is 0 Å². The van der Waals surface area contributed by atoms with E-state index in [2.05, 4.69) is 5.32 Å². The summed E-state index contributed by atoms with van der Waals surface area (Å²) < 4.78 is 4.94. The molecule has 0 aliphatic carbocycles. The van der Waals surface area contributed by atoms with Crippen LogP contribution in [0.15, 0.2) is 48.5 Å². The first-order valence-electron chi connectivity index (χ1n) is 9.90. The average Bonchev–Trinajstić information content (AvgIpc) is 3.10. The fourth-order valence-corrected chi connectivity index (χ4v) is 3.74. The Morgan fingerprint density at radius 3 is 2.59 bits per heavy atom. The lowest BCUT2D eigenvalue weighted by Crippen LogP contribution is -2.37. The van der Waals surface area contributed by atoms with E-state index in [9.17, 15) is 14.7 Å². The van der Waals surface area contributed by atoms with Gasteiger partial charge < -0.3 is 15.2 Å². The lowest BCUT2D eigenvalue weighted by atomic mass is 10.1. The summed E-state index contributed by atoms with van der Waals surface area (Å²) >= 11 is 0. The van der Waals surface area contributed by atoms with E-state index in [1.54, 1.807) is 12.1 Å². The van der Waals surface area contributed by atoms with Crippen molar-refractivity contribution < 1.29 is 19.4 Å². The van der Waals surface area contributed by atoms with Crippen LogP contribution in [0.1, 0.15) is 29.5 Å². The van der Waals surface area contributed by atoms with Crippen molar-refractivity contribution in [3.05, 3.63) is 65.2 Å². The Labute approximate surface area is 171 Å². The molecule has 1 aliphatic rings. The molecule has 154 valence electrons. The topological polar surface area (TPSA) is 78.9 Å². The predicted molar refractivity (Wildman–Crippen MR) is 110 cm³/mol. The van der Waals surface area contributed by atoms with E-state index in [0.717, 1.165) is 11.1 Å². The maximum absolute atomic E-state index is 12.4. The summed E-state index contributed by atoms with van der Waals surface area (Å²) in [5, 5.41) is 13.1. The molecular weight excluding hydrogens is 368 g/mol. The van der Waals surface area contributed by atoms with Gasteiger partial charge in [0.15, 0.2) is 0 Å². The maximum atomic E-state index is 12.4. The van der Waals surface area contributed by atoms with Crippen molar-refractivity contribution in [1.29, 1.82) is 0 Å². The van der Waals surface area contributed by atoms with Gasteiger partial charge in [0.1, 0.15) is 11.8 Å². The normalized spacial score (nSPS) is 19.1. The summed E-state index contributed by atoms with van der Waals surface area (Å²) in [6, 6.07) is 14.7. The Morgan fingerprint density at radius 1 is 1.17 bits per heavy atom. The van der Waals surface area contributed by atoms with Crippen molar-refractivity contribution in [2.45, 2.75) is 44.8 Å². The Kier molecular flexibility index (Phi) is 6.88. The zero-order valence-corrected chi connectivity index (χ0v) is 16.9. The van der Waals surface area contributed by atoms with Crippen LogP contribution in [0.5, 0.6) is 5.75 Å². The highest BCUT2D eigenvalue weighted by Crippen LogP contribution is 2.25. The molecule has 6 nitrogen and oxygen atoms in total. The molecule has 1 aliphatic heterocycles. The third-order valence-electron chi connectivity index (χ3n) is 5.37. The van der Waals surface area contributed by atoms with E-state index < -0.39 is 6.04 Å². The first-order chi connectivity index (χ1) is 14.0. The minimum Gasteiger partial charge on any atom is -0.508 e. The number of esters is 1. The van der Waals surface area contributed by atoms with E-state index >= 15 is 0 Å². The number of aromatic hydroxyl groups is 1. The quantitative estimate of drug-likeness (QED) is 0.704. The highest BCUT2D eigenvalue weighted by atomic mass is 16.5. The summed E-state index contributed by atoms with van der Waals surface area (Å²) in [5.74, 6) is -0.151. The summed E-state index contributed by atoms with van der Waals surface area (Å²) in [5.41, 5.74) is 3.07. The Hall–Kier alpha value is -2.86. The van der Waals surface area contributed by atoms with Gasteiger partial charge in [0.25, 0.3) is 0 Å². The number of nitrogens with one attached hydrogen (secondary N) is 1. The van der Waals surface area contributed by atoms with Crippen LogP contribution in [0, 0.1) is 6.92 Å². The van der Waals surface area contributed by atoms with Crippen LogP contribution < -0.4 is 5.32 Å². The first kappa shape index (κ1) is 20.9. The number of nitrogens with zero attached hydrogens (tertiary/aromatic N) is 1. The fraction of sp³-hybridized carbons (Fsp3) is 0.391. The second kappa shape index (κ2) is 9.56. The summed E-state index contributed by atoms with van der Waals surface area (Å²) in [6.07, 6.45) is 1.58. The van der Waals surface area contributed by atoms with Gasteiger partial charge in [0.2, 0.25) is 5.91 Å². The standard InChI is InChI=1S/C23H28N2O4/c1-16-7-9-17(10-8-16)11-12-22(27)24-19-13-20(23(28)29-2)25(15-19)14-18-5-3-4-6-21(18)26/h3-10,19-20,26H,11-15H2,1-2H3,(H,24,27)/t19-,20+/m1/s1. The van der Waals surface area contributed by atoms with Crippen molar-refractivity contribution >= 4 is 11.9 Å². The molecule has 1 fully saturated rings. The second-order valence-corrected chi connectivity index (χ2v) is 7.58. The molecule has 6 heteroatoms. The zero-order chi connectivity index (χ0) is 20.8. The van der Waals surface area contributed by atoms with Gasteiger partial charge in [-0.25, -0.2) is 0 Å². The minimum atomic E-state index is -0.443. The van der Waals surface area contributed by atoms with Crippen LogP contribution in [-0.2, 0) is 27.3 Å². The van der Waals surface area contributed by atoms with Crippen molar-refractivity contribution in [1.82, 2.24) is 10.2 Å². The number of ether oxygens (including phenoxy) is 1. The van der Waals surface area contributed by atoms with E-state index in [1.807, 2.05) is 48.2 Å². The molecule has 2 aromatic rings. The molecule has 2 aromatic carbocycles. The first-order valence-corrected chi connectivity index (χ1v) is 9.90. The largest absolute Gasteiger partial charge is 0.508 e. The van der Waals surface area contributed by atoms with Gasteiger partial charge in [-0.05, 0) is 31.4 Å². The number of carbonyl (C=O) groups is 2. The van der Waals surface area contributed by atoms with Gasteiger partial charge in [-0.1, -0.05) is 48.0 Å². The Morgan fingerprint density at radius 2 is 1.90 bits per heavy atom. The molecule has 0 spiro atoms. The number of phenols is 1. The highest BCUT2D eigenvalue weighted by Gasteiger charge is 2.38. The molecule has 3 rings (SSSR count). The maximum Gasteiger partial charge on any atom is 0.323 e. The Balaban J connectivity index is 1.58. The molecule has 0 bridgehead atoms. The van der Waals surface area contributed by atoms with Gasteiger partial charge in [0, 0.05) is 31.1 Å². The number of methoxy groups -OCH3 is 1. The van der Waals surface area contributed by atoms with E-state index in [1.165, 1.54) is 12.7 Å². The Bertz CT molecular complexity index is 850. The van der Waals surface area contributed by atoms with Crippen molar-refractivity contribution in [2.75, 3.05) is 13.7 Å². The molecule has 0 unspecified atom stereocenters. The molecule has 29 heavy (non-hydrogen) atoms. The predicted octanol–water partition coefficient (Wildman–Crippen LogP) is 2.57. The number of rotatable bonds is 7. The number of likely N-dealkylation sites (tertiary alicyclic amines) is 1. The van der Waals surface area contributed by atoms with Crippen LogP contribution in [-0.4, -0.2) is 47.6 Å². The van der Waals surface area contributed by atoms with Crippen LogP contribution in [0.2, 0.25) is 0 Å². The summed E-state index contributed by atoms with van der Waals surface area (Å²) in [7, 11) is 1.37. The molecule has 1 heterocycles. The fourth-order valence-electron chi connectivity index (χ4n) is 3.74. The summed E-state index contributed by atoms with van der Waals surface area (Å²) in [6.45, 7) is 2.99. The number of amides is 1. The zero-order valence-electron chi connectivity index (χ0n) is 16.9. The lowest BCUT2D eigenvalue weighted by molar-refractivity contribution is -0.146. The molecule has 0 radical (unpaired) electrons. The van der Waals surface area contributed by atoms with Gasteiger partial charge in [0.05, 0.1) is 7.11 Å². The monoisotopic (exact) mass is 396 g/mol. The number of phenolic OH excluding ortho intramolecular Hbond substituents is 1. The number of carbonyl (C=O) groups excluding carboxylic acids is 2. The third-order valence-corrected chi connectivity index (χ3v) is 5.37. The number of hydrogen-bond acceptors (Lipinski definition) is 5. The number of aryl methyl sites for hydroxylation is 2. The van der Waals surface area contributed by atoms with E-state index in [0.29, 0.717) is 32.4 Å². The molecule has 0 aromatic heterocycles. The van der Waals surface area contributed by atoms with Gasteiger partial charge >= 0.3 is 5.97 Å². The van der Waals surface area contributed by atoms with E-state index in [4.69, 9.17) is 4.74 Å². The van der Waals surface area contributed by atoms with Crippen LogP contribution in [0.3, 0.4) is 0 Å².